The summed E-state index contributed by atoms with van der Waals surface area (Å²) in [6.07, 6.45) is 0.0490. The fraction of sp³-hybridized carbons (Fsp3) is 0.455. The molecular formula is C11H15NO3S. The number of thioether (sulfide) groups is 1. The highest BCUT2D eigenvalue weighted by Crippen LogP contribution is 2.18. The quantitative estimate of drug-likeness (QED) is 0.809. The topological polar surface area (TPSA) is 70.4 Å². The van der Waals surface area contributed by atoms with Gasteiger partial charge in [-0.1, -0.05) is 17.8 Å². The van der Waals surface area contributed by atoms with Crippen LogP contribution in [0.3, 0.4) is 0 Å². The van der Waals surface area contributed by atoms with Crippen molar-refractivity contribution in [3.63, 3.8) is 0 Å². The summed E-state index contributed by atoms with van der Waals surface area (Å²) < 4.78 is 0. The molecule has 1 heterocycles. The first-order valence-corrected chi connectivity index (χ1v) is 6.00. The Morgan fingerprint density at radius 1 is 1.50 bits per heavy atom. The van der Waals surface area contributed by atoms with E-state index in [2.05, 4.69) is 4.98 Å². The molecule has 4 nitrogen and oxygen atoms in total. The molecule has 1 aromatic rings. The van der Waals surface area contributed by atoms with Crippen molar-refractivity contribution in [2.45, 2.75) is 25.6 Å². The number of carbonyl (C=O) groups is 1. The fourth-order valence-corrected chi connectivity index (χ4v) is 1.88. The van der Waals surface area contributed by atoms with Crippen molar-refractivity contribution in [3.05, 3.63) is 30.1 Å². The van der Waals surface area contributed by atoms with Gasteiger partial charge in [0, 0.05) is 18.9 Å². The lowest BCUT2D eigenvalue weighted by Gasteiger charge is -2.16. The van der Waals surface area contributed by atoms with Gasteiger partial charge in [-0.15, -0.1) is 0 Å². The number of pyridine rings is 1. The molecule has 0 fully saturated rings. The zero-order valence-electron chi connectivity index (χ0n) is 9.04. The zero-order valence-corrected chi connectivity index (χ0v) is 9.85. The number of nitrogens with zero attached hydrogens (tertiary/aromatic N) is 1. The van der Waals surface area contributed by atoms with Gasteiger partial charge in [0.2, 0.25) is 0 Å². The summed E-state index contributed by atoms with van der Waals surface area (Å²) in [4.78, 5) is 14.6. The van der Waals surface area contributed by atoms with Crippen molar-refractivity contribution >= 4 is 16.9 Å². The van der Waals surface area contributed by atoms with Crippen LogP contribution in [0.4, 0.5) is 0 Å². The minimum atomic E-state index is -0.992. The number of rotatable bonds is 5. The van der Waals surface area contributed by atoms with Gasteiger partial charge in [0.15, 0.2) is 5.12 Å². The fourth-order valence-electron chi connectivity index (χ4n) is 1.23. The van der Waals surface area contributed by atoms with E-state index in [4.69, 9.17) is 0 Å². The van der Waals surface area contributed by atoms with Crippen molar-refractivity contribution in [3.8, 4) is 0 Å². The predicted molar refractivity (Wildman–Crippen MR) is 63.0 cm³/mol. The van der Waals surface area contributed by atoms with Crippen LogP contribution in [0.25, 0.3) is 0 Å². The van der Waals surface area contributed by atoms with Crippen LogP contribution < -0.4 is 0 Å². The molecule has 16 heavy (non-hydrogen) atoms. The van der Waals surface area contributed by atoms with Crippen LogP contribution in [0, 0.1) is 0 Å². The minimum absolute atomic E-state index is 0.0134. The molecule has 0 bridgehead atoms. The normalized spacial score (nSPS) is 14.4. The molecule has 1 rings (SSSR count). The second-order valence-corrected chi connectivity index (χ2v) is 4.67. The Hall–Kier alpha value is -0.910. The summed E-state index contributed by atoms with van der Waals surface area (Å²) in [5.41, 5.74) is 0.447. The number of aromatic nitrogens is 1. The first-order valence-electron chi connectivity index (χ1n) is 5.01. The molecule has 0 spiro atoms. The van der Waals surface area contributed by atoms with Crippen molar-refractivity contribution < 1.29 is 15.0 Å². The lowest BCUT2D eigenvalue weighted by atomic mass is 10.1. The summed E-state index contributed by atoms with van der Waals surface area (Å²) in [7, 11) is 0. The van der Waals surface area contributed by atoms with Crippen LogP contribution in [0.2, 0.25) is 0 Å². The molecule has 0 saturated heterocycles. The number of aliphatic hydroxyl groups is 2. The van der Waals surface area contributed by atoms with Crippen molar-refractivity contribution in [1.82, 2.24) is 4.98 Å². The molecule has 88 valence electrons. The van der Waals surface area contributed by atoms with E-state index in [1.807, 2.05) is 0 Å². The van der Waals surface area contributed by atoms with E-state index in [1.54, 1.807) is 24.4 Å². The highest BCUT2D eigenvalue weighted by atomic mass is 32.2. The molecule has 0 radical (unpaired) electrons. The van der Waals surface area contributed by atoms with Crippen molar-refractivity contribution in [2.75, 3.05) is 5.75 Å². The van der Waals surface area contributed by atoms with Gasteiger partial charge in [-0.25, -0.2) is 0 Å². The van der Waals surface area contributed by atoms with Gasteiger partial charge in [0.1, 0.15) is 6.10 Å². The van der Waals surface area contributed by atoms with Crippen LogP contribution in [0.15, 0.2) is 24.4 Å². The minimum Gasteiger partial charge on any atom is -0.390 e. The summed E-state index contributed by atoms with van der Waals surface area (Å²) in [6, 6.07) is 5.16. The molecule has 2 unspecified atom stereocenters. The average Bonchev–Trinajstić information content (AvgIpc) is 2.28. The van der Waals surface area contributed by atoms with E-state index in [0.717, 1.165) is 11.8 Å². The zero-order chi connectivity index (χ0) is 12.0. The smallest absolute Gasteiger partial charge is 0.185 e. The van der Waals surface area contributed by atoms with Gasteiger partial charge >= 0.3 is 0 Å². The molecule has 1 aromatic heterocycles. The Morgan fingerprint density at radius 3 is 2.81 bits per heavy atom. The lowest BCUT2D eigenvalue weighted by molar-refractivity contribution is -0.109. The van der Waals surface area contributed by atoms with Crippen LogP contribution in [0.1, 0.15) is 25.1 Å². The highest BCUT2D eigenvalue weighted by molar-refractivity contribution is 8.13. The summed E-state index contributed by atoms with van der Waals surface area (Å²) in [5, 5.41) is 19.4. The second kappa shape index (κ2) is 6.62. The number of hydrogen-bond acceptors (Lipinski definition) is 5. The number of hydrogen-bond donors (Lipinski definition) is 2. The number of carbonyl (C=O) groups excluding carboxylic acids is 1. The Kier molecular flexibility index (Phi) is 5.45. The predicted octanol–water partition coefficient (Wildman–Crippen LogP) is 1.15. The first-order chi connectivity index (χ1) is 7.61. The molecule has 0 saturated carbocycles. The largest absolute Gasteiger partial charge is 0.390 e. The van der Waals surface area contributed by atoms with Gasteiger partial charge in [0.25, 0.3) is 0 Å². The molecular weight excluding hydrogens is 226 g/mol. The Labute approximate surface area is 98.7 Å². The van der Waals surface area contributed by atoms with E-state index in [0.29, 0.717) is 17.9 Å². The van der Waals surface area contributed by atoms with Crippen molar-refractivity contribution in [1.29, 1.82) is 0 Å². The summed E-state index contributed by atoms with van der Waals surface area (Å²) in [6.45, 7) is 1.48. The third kappa shape index (κ3) is 4.30. The van der Waals surface area contributed by atoms with Crippen LogP contribution >= 0.6 is 11.8 Å². The molecule has 0 aliphatic rings. The molecule has 0 aromatic carbocycles. The standard InChI is InChI=1S/C11H15NO3S/c1-8(13)16-7-5-10(14)11(15)9-4-2-3-6-12-9/h2-4,6,10-11,14-15H,5,7H2,1H3. The molecule has 5 heteroatoms. The van der Waals surface area contributed by atoms with Crippen LogP contribution in [-0.2, 0) is 4.79 Å². The second-order valence-electron chi connectivity index (χ2n) is 3.40. The Balaban J connectivity index is 2.42. The third-order valence-corrected chi connectivity index (χ3v) is 2.92. The van der Waals surface area contributed by atoms with E-state index in [-0.39, 0.29) is 5.12 Å². The van der Waals surface area contributed by atoms with Crippen LogP contribution in [0.5, 0.6) is 0 Å². The highest BCUT2D eigenvalue weighted by Gasteiger charge is 2.18. The van der Waals surface area contributed by atoms with E-state index in [9.17, 15) is 15.0 Å². The first kappa shape index (κ1) is 13.2. The van der Waals surface area contributed by atoms with E-state index >= 15 is 0 Å². The van der Waals surface area contributed by atoms with Gasteiger partial charge in [-0.2, -0.15) is 0 Å². The average molecular weight is 241 g/mol. The monoisotopic (exact) mass is 241 g/mol. The lowest BCUT2D eigenvalue weighted by Crippen LogP contribution is -2.20. The van der Waals surface area contributed by atoms with Gasteiger partial charge in [-0.05, 0) is 18.6 Å². The summed E-state index contributed by atoms with van der Waals surface area (Å²) >= 11 is 1.14. The Morgan fingerprint density at radius 2 is 2.25 bits per heavy atom. The van der Waals surface area contributed by atoms with Crippen LogP contribution in [-0.4, -0.2) is 32.2 Å². The van der Waals surface area contributed by atoms with Gasteiger partial charge in [-0.3, -0.25) is 9.78 Å². The Bertz CT molecular complexity index is 331. The molecule has 2 N–H and O–H groups in total. The summed E-state index contributed by atoms with van der Waals surface area (Å²) in [5.74, 6) is 0.500. The molecule has 0 aliphatic heterocycles. The molecule has 2 atom stereocenters. The van der Waals surface area contributed by atoms with Gasteiger partial charge < -0.3 is 10.2 Å². The maximum absolute atomic E-state index is 10.7. The third-order valence-electron chi connectivity index (χ3n) is 2.07. The van der Waals surface area contributed by atoms with Gasteiger partial charge in [0.05, 0.1) is 11.8 Å². The maximum Gasteiger partial charge on any atom is 0.185 e. The number of aliphatic hydroxyl groups excluding tert-OH is 2. The van der Waals surface area contributed by atoms with Crippen molar-refractivity contribution in [2.24, 2.45) is 0 Å². The molecule has 0 amide bonds. The maximum atomic E-state index is 10.7. The van der Waals surface area contributed by atoms with E-state index < -0.39 is 12.2 Å². The molecule has 0 aliphatic carbocycles. The van der Waals surface area contributed by atoms with E-state index in [1.165, 1.54) is 6.92 Å². The SMILES string of the molecule is CC(=O)SCCC(O)C(O)c1ccccn1.